The molecule has 1 aliphatic rings. The molecule has 0 aliphatic carbocycles. The van der Waals surface area contributed by atoms with E-state index in [4.69, 9.17) is 4.74 Å². The summed E-state index contributed by atoms with van der Waals surface area (Å²) >= 11 is 0. The van der Waals surface area contributed by atoms with E-state index in [0.717, 1.165) is 0 Å². The minimum atomic E-state index is -1.59. The third kappa shape index (κ3) is 2.75. The fourth-order valence-corrected chi connectivity index (χ4v) is 2.62. The topological polar surface area (TPSA) is 86.5 Å². The van der Waals surface area contributed by atoms with Gasteiger partial charge in [0.1, 0.15) is 0 Å². The lowest BCUT2D eigenvalue weighted by Crippen LogP contribution is -2.52. The van der Waals surface area contributed by atoms with E-state index in [1.54, 1.807) is 0 Å². The van der Waals surface area contributed by atoms with Gasteiger partial charge in [0, 0.05) is 11.3 Å². The van der Waals surface area contributed by atoms with Crippen LogP contribution in [0.1, 0.15) is 33.6 Å². The summed E-state index contributed by atoms with van der Waals surface area (Å²) in [7, 11) is 0. The number of ketones is 2. The van der Waals surface area contributed by atoms with Gasteiger partial charge in [-0.25, -0.2) is 0 Å². The summed E-state index contributed by atoms with van der Waals surface area (Å²) < 4.78 is 5.37. The van der Waals surface area contributed by atoms with Crippen LogP contribution in [0.25, 0.3) is 0 Å². The van der Waals surface area contributed by atoms with Gasteiger partial charge in [0.05, 0.1) is 12.5 Å². The first-order valence-corrected chi connectivity index (χ1v) is 6.10. The van der Waals surface area contributed by atoms with Crippen molar-refractivity contribution in [3.05, 3.63) is 10.1 Å². The molecule has 1 heterocycles. The molecule has 0 unspecified atom stereocenters. The highest BCUT2D eigenvalue weighted by atomic mass is 16.6. The van der Waals surface area contributed by atoms with Crippen LogP contribution in [0.3, 0.4) is 0 Å². The molecular weight excluding hydrogens is 238 g/mol. The first-order valence-electron chi connectivity index (χ1n) is 6.10. The molecule has 0 aromatic carbocycles. The first kappa shape index (κ1) is 14.8. The van der Waals surface area contributed by atoms with Crippen LogP contribution in [0.4, 0.5) is 0 Å². The molecular formula is C12H19NO5. The lowest BCUT2D eigenvalue weighted by atomic mass is 9.76. The van der Waals surface area contributed by atoms with Crippen LogP contribution in [-0.4, -0.2) is 35.2 Å². The predicted octanol–water partition coefficient (Wildman–Crippen LogP) is 1.24. The molecule has 2 atom stereocenters. The van der Waals surface area contributed by atoms with Crippen molar-refractivity contribution in [3.63, 3.8) is 0 Å². The second-order valence-electron chi connectivity index (χ2n) is 5.16. The van der Waals surface area contributed by atoms with Crippen molar-refractivity contribution in [2.24, 2.45) is 11.8 Å². The Morgan fingerprint density at radius 2 is 2.17 bits per heavy atom. The molecule has 6 heteroatoms. The van der Waals surface area contributed by atoms with Crippen LogP contribution in [-0.2, 0) is 14.3 Å². The maximum atomic E-state index is 12.0. The maximum Gasteiger partial charge on any atom is 0.210 e. The zero-order valence-electron chi connectivity index (χ0n) is 11.0. The molecule has 0 N–H and O–H groups in total. The number of Topliss-reactive ketones (excluding diaryl/α,β-unsaturated/α-hetero) is 2. The number of carbonyl (C=O) groups is 2. The van der Waals surface area contributed by atoms with Crippen molar-refractivity contribution in [1.29, 1.82) is 0 Å². The molecule has 1 fully saturated rings. The summed E-state index contributed by atoms with van der Waals surface area (Å²) in [5.74, 6) is -1.26. The number of hydrogen-bond acceptors (Lipinski definition) is 5. The molecule has 0 saturated carbocycles. The second-order valence-corrected chi connectivity index (χ2v) is 5.16. The van der Waals surface area contributed by atoms with E-state index < -0.39 is 28.8 Å². The van der Waals surface area contributed by atoms with E-state index in [1.165, 1.54) is 6.92 Å². The normalized spacial score (nSPS) is 25.4. The third-order valence-corrected chi connectivity index (χ3v) is 3.30. The van der Waals surface area contributed by atoms with E-state index in [2.05, 4.69) is 0 Å². The Kier molecular flexibility index (Phi) is 4.56. The molecule has 1 saturated heterocycles. The molecule has 102 valence electrons. The summed E-state index contributed by atoms with van der Waals surface area (Å²) in [5.41, 5.74) is -1.59. The average Bonchev–Trinajstić information content (AvgIpc) is 2.58. The third-order valence-electron chi connectivity index (χ3n) is 3.30. The summed E-state index contributed by atoms with van der Waals surface area (Å²) in [6.07, 6.45) is 0.582. The SMILES string of the molecule is CC(=O)[C@]1([C@H](CC(C)C)C[N+](=O)[O-])OCCC1=O. The average molecular weight is 257 g/mol. The van der Waals surface area contributed by atoms with Gasteiger partial charge in [-0.05, 0) is 19.3 Å². The van der Waals surface area contributed by atoms with E-state index >= 15 is 0 Å². The molecule has 0 aromatic heterocycles. The van der Waals surface area contributed by atoms with Gasteiger partial charge in [-0.15, -0.1) is 0 Å². The highest BCUT2D eigenvalue weighted by Gasteiger charge is 2.55. The quantitative estimate of drug-likeness (QED) is 0.406. The highest BCUT2D eigenvalue weighted by Crippen LogP contribution is 2.35. The molecule has 0 aromatic rings. The van der Waals surface area contributed by atoms with Gasteiger partial charge < -0.3 is 4.74 Å². The van der Waals surface area contributed by atoms with Crippen LogP contribution >= 0.6 is 0 Å². The Balaban J connectivity index is 3.08. The number of nitro groups is 1. The predicted molar refractivity (Wildman–Crippen MR) is 63.8 cm³/mol. The van der Waals surface area contributed by atoms with Crippen molar-refractivity contribution in [1.82, 2.24) is 0 Å². The Morgan fingerprint density at radius 3 is 2.50 bits per heavy atom. The van der Waals surface area contributed by atoms with Crippen molar-refractivity contribution in [2.45, 2.75) is 39.2 Å². The Labute approximate surface area is 106 Å². The van der Waals surface area contributed by atoms with Crippen molar-refractivity contribution in [2.75, 3.05) is 13.2 Å². The number of nitrogens with zero attached hydrogens (tertiary/aromatic N) is 1. The number of ether oxygens (including phenoxy) is 1. The fraction of sp³-hybridized carbons (Fsp3) is 0.833. The molecule has 0 amide bonds. The summed E-state index contributed by atoms with van der Waals surface area (Å²) in [6, 6.07) is 0. The molecule has 18 heavy (non-hydrogen) atoms. The zero-order valence-corrected chi connectivity index (χ0v) is 11.0. The van der Waals surface area contributed by atoms with Crippen LogP contribution in [0.15, 0.2) is 0 Å². The summed E-state index contributed by atoms with van der Waals surface area (Å²) in [4.78, 5) is 34.1. The van der Waals surface area contributed by atoms with Crippen molar-refractivity contribution >= 4 is 11.6 Å². The molecule has 0 bridgehead atoms. The van der Waals surface area contributed by atoms with Crippen molar-refractivity contribution < 1.29 is 19.2 Å². The molecule has 1 aliphatic heterocycles. The molecule has 6 nitrogen and oxygen atoms in total. The number of carbonyl (C=O) groups excluding carboxylic acids is 2. The lowest BCUT2D eigenvalue weighted by Gasteiger charge is -2.31. The summed E-state index contributed by atoms with van der Waals surface area (Å²) in [6.45, 7) is 4.84. The first-order chi connectivity index (χ1) is 8.30. The van der Waals surface area contributed by atoms with Gasteiger partial charge in [-0.2, -0.15) is 0 Å². The second kappa shape index (κ2) is 5.56. The Morgan fingerprint density at radius 1 is 1.56 bits per heavy atom. The standard InChI is InChI=1S/C12H19NO5/c1-8(2)6-10(7-13(16)17)12(9(3)14)11(15)4-5-18-12/h8,10H,4-7H2,1-3H3/t10-,12-/m1/s1. The molecule has 0 spiro atoms. The fourth-order valence-electron chi connectivity index (χ4n) is 2.62. The number of hydrogen-bond donors (Lipinski definition) is 0. The maximum absolute atomic E-state index is 12.0. The van der Waals surface area contributed by atoms with Gasteiger partial charge >= 0.3 is 0 Å². The van der Waals surface area contributed by atoms with E-state index in [1.807, 2.05) is 13.8 Å². The van der Waals surface area contributed by atoms with Gasteiger partial charge in [0.15, 0.2) is 17.2 Å². The van der Waals surface area contributed by atoms with Gasteiger partial charge in [0.25, 0.3) is 0 Å². The van der Waals surface area contributed by atoms with Crippen molar-refractivity contribution in [3.8, 4) is 0 Å². The van der Waals surface area contributed by atoms with Crippen LogP contribution in [0.5, 0.6) is 0 Å². The Bertz CT molecular complexity index is 365. The monoisotopic (exact) mass is 257 g/mol. The summed E-state index contributed by atoms with van der Waals surface area (Å²) in [5, 5.41) is 10.7. The van der Waals surface area contributed by atoms with Crippen LogP contribution < -0.4 is 0 Å². The minimum Gasteiger partial charge on any atom is -0.358 e. The molecule has 1 rings (SSSR count). The Hall–Kier alpha value is -1.30. The molecule has 0 radical (unpaired) electrons. The number of rotatable bonds is 6. The smallest absolute Gasteiger partial charge is 0.210 e. The zero-order chi connectivity index (χ0) is 13.9. The van der Waals surface area contributed by atoms with Gasteiger partial charge in [-0.1, -0.05) is 13.8 Å². The highest BCUT2D eigenvalue weighted by molar-refractivity contribution is 6.11. The van der Waals surface area contributed by atoms with Gasteiger partial charge in [-0.3, -0.25) is 19.7 Å². The largest absolute Gasteiger partial charge is 0.358 e. The van der Waals surface area contributed by atoms with Gasteiger partial charge in [0.2, 0.25) is 6.54 Å². The van der Waals surface area contributed by atoms with E-state index in [-0.39, 0.29) is 24.7 Å². The minimum absolute atomic E-state index is 0.156. The van der Waals surface area contributed by atoms with E-state index in [0.29, 0.717) is 6.42 Å². The van der Waals surface area contributed by atoms with Crippen LogP contribution in [0, 0.1) is 22.0 Å². The lowest BCUT2D eigenvalue weighted by molar-refractivity contribution is -0.491. The van der Waals surface area contributed by atoms with Crippen LogP contribution in [0.2, 0.25) is 0 Å². The van der Waals surface area contributed by atoms with E-state index in [9.17, 15) is 19.7 Å².